The zero-order valence-electron chi connectivity index (χ0n) is 11.8. The largest absolute Gasteiger partial charge is 0.0885 e. The average molecular weight is 234 g/mol. The van der Waals surface area contributed by atoms with E-state index in [1.807, 2.05) is 0 Å². The van der Waals surface area contributed by atoms with E-state index in [0.29, 0.717) is 0 Å². The maximum absolute atomic E-state index is 2.33. The lowest BCUT2D eigenvalue weighted by molar-refractivity contribution is 0.637. The summed E-state index contributed by atoms with van der Waals surface area (Å²) in [5, 5.41) is 0. The van der Waals surface area contributed by atoms with Gasteiger partial charge in [0.15, 0.2) is 0 Å². The molecule has 0 atom stereocenters. The zero-order valence-corrected chi connectivity index (χ0v) is 11.8. The summed E-state index contributed by atoms with van der Waals surface area (Å²) in [4.78, 5) is 0. The molecule has 0 aliphatic rings. The van der Waals surface area contributed by atoms with Gasteiger partial charge in [-0.25, -0.2) is 0 Å². The summed E-state index contributed by atoms with van der Waals surface area (Å²) >= 11 is 0. The molecule has 0 rings (SSSR count). The second-order valence-electron chi connectivity index (χ2n) is 4.50. The van der Waals surface area contributed by atoms with Crippen molar-refractivity contribution >= 4 is 0 Å². The lowest BCUT2D eigenvalue weighted by atomic mass is 10.1. The fourth-order valence-corrected chi connectivity index (χ4v) is 1.69. The summed E-state index contributed by atoms with van der Waals surface area (Å²) < 4.78 is 0. The Morgan fingerprint density at radius 3 is 1.82 bits per heavy atom. The first kappa shape index (κ1) is 16.2. The van der Waals surface area contributed by atoms with Crippen molar-refractivity contribution in [3.8, 4) is 0 Å². The third-order valence-electron chi connectivity index (χ3n) is 2.75. The first-order valence-corrected chi connectivity index (χ1v) is 7.36. The molecule has 0 unspecified atom stereocenters. The lowest BCUT2D eigenvalue weighted by Crippen LogP contribution is -1.75. The van der Waals surface area contributed by atoms with Crippen molar-refractivity contribution in [1.29, 1.82) is 0 Å². The van der Waals surface area contributed by atoms with E-state index in [0.717, 1.165) is 19.3 Å². The second kappa shape index (κ2) is 15.2. The van der Waals surface area contributed by atoms with Crippen molar-refractivity contribution in [3.63, 3.8) is 0 Å². The summed E-state index contributed by atoms with van der Waals surface area (Å²) in [5.74, 6) is 0. The maximum atomic E-state index is 2.33. The minimum atomic E-state index is 1.08. The normalized spacial score (nSPS) is 12.4. The van der Waals surface area contributed by atoms with E-state index in [4.69, 9.17) is 0 Å². The van der Waals surface area contributed by atoms with E-state index in [1.54, 1.807) is 0 Å². The van der Waals surface area contributed by atoms with Gasteiger partial charge in [-0.1, -0.05) is 76.0 Å². The SMILES string of the molecule is CC/C=C\CC=CCC=CCCCCCCC. The summed E-state index contributed by atoms with van der Waals surface area (Å²) in [7, 11) is 0. The van der Waals surface area contributed by atoms with Gasteiger partial charge in [0.25, 0.3) is 0 Å². The highest BCUT2D eigenvalue weighted by molar-refractivity contribution is 4.96. The molecule has 0 spiro atoms. The van der Waals surface area contributed by atoms with Crippen LogP contribution in [0.2, 0.25) is 0 Å². The Hall–Kier alpha value is -0.780. The van der Waals surface area contributed by atoms with E-state index >= 15 is 0 Å². The number of hydrogen-bond donors (Lipinski definition) is 0. The van der Waals surface area contributed by atoms with Crippen LogP contribution in [0.1, 0.15) is 71.6 Å². The Bertz CT molecular complexity index is 208. The zero-order chi connectivity index (χ0) is 12.6. The Morgan fingerprint density at radius 1 is 0.588 bits per heavy atom. The van der Waals surface area contributed by atoms with Crippen molar-refractivity contribution in [2.24, 2.45) is 0 Å². The van der Waals surface area contributed by atoms with Gasteiger partial charge in [0, 0.05) is 0 Å². The molecule has 0 nitrogen and oxygen atoms in total. The van der Waals surface area contributed by atoms with E-state index in [9.17, 15) is 0 Å². The third kappa shape index (κ3) is 15.2. The topological polar surface area (TPSA) is 0 Å². The van der Waals surface area contributed by atoms with Crippen molar-refractivity contribution in [2.75, 3.05) is 0 Å². The van der Waals surface area contributed by atoms with Crippen molar-refractivity contribution < 1.29 is 0 Å². The molecule has 0 aromatic heterocycles. The van der Waals surface area contributed by atoms with Crippen molar-refractivity contribution in [2.45, 2.75) is 71.6 Å². The van der Waals surface area contributed by atoms with E-state index in [1.165, 1.54) is 38.5 Å². The number of rotatable bonds is 11. The molecular weight excluding hydrogens is 204 g/mol. The summed E-state index contributed by atoms with van der Waals surface area (Å²) in [5.41, 5.74) is 0. The summed E-state index contributed by atoms with van der Waals surface area (Å²) in [6.45, 7) is 4.44. The number of unbranched alkanes of at least 4 members (excludes halogenated alkanes) is 5. The molecular formula is C17H30. The highest BCUT2D eigenvalue weighted by Crippen LogP contribution is 2.05. The first-order chi connectivity index (χ1) is 8.41. The van der Waals surface area contributed by atoms with Crippen LogP contribution in [-0.2, 0) is 0 Å². The molecule has 0 heterocycles. The van der Waals surface area contributed by atoms with Gasteiger partial charge in [-0.2, -0.15) is 0 Å². The summed E-state index contributed by atoms with van der Waals surface area (Å²) in [6, 6.07) is 0. The van der Waals surface area contributed by atoms with Gasteiger partial charge in [-0.15, -0.1) is 0 Å². The lowest BCUT2D eigenvalue weighted by Gasteiger charge is -1.95. The molecule has 0 N–H and O–H groups in total. The highest BCUT2D eigenvalue weighted by atomic mass is 13.9. The van der Waals surface area contributed by atoms with Crippen LogP contribution in [0.5, 0.6) is 0 Å². The van der Waals surface area contributed by atoms with Crippen LogP contribution in [0.3, 0.4) is 0 Å². The van der Waals surface area contributed by atoms with Crippen LogP contribution in [-0.4, -0.2) is 0 Å². The molecule has 0 saturated heterocycles. The van der Waals surface area contributed by atoms with Gasteiger partial charge in [0.2, 0.25) is 0 Å². The molecule has 0 fully saturated rings. The van der Waals surface area contributed by atoms with E-state index in [-0.39, 0.29) is 0 Å². The van der Waals surface area contributed by atoms with E-state index < -0.39 is 0 Å². The van der Waals surface area contributed by atoms with Gasteiger partial charge < -0.3 is 0 Å². The molecule has 0 saturated carbocycles. The van der Waals surface area contributed by atoms with Crippen LogP contribution in [0.25, 0.3) is 0 Å². The molecule has 17 heavy (non-hydrogen) atoms. The van der Waals surface area contributed by atoms with Gasteiger partial charge >= 0.3 is 0 Å². The number of hydrogen-bond acceptors (Lipinski definition) is 0. The fourth-order valence-electron chi connectivity index (χ4n) is 1.69. The van der Waals surface area contributed by atoms with Gasteiger partial charge in [-0.3, -0.25) is 0 Å². The first-order valence-electron chi connectivity index (χ1n) is 7.36. The average Bonchev–Trinajstić information content (AvgIpc) is 2.35. The second-order valence-corrected chi connectivity index (χ2v) is 4.50. The molecule has 0 aliphatic heterocycles. The Labute approximate surface area is 109 Å². The Morgan fingerprint density at radius 2 is 1.18 bits per heavy atom. The quantitative estimate of drug-likeness (QED) is 0.295. The van der Waals surface area contributed by atoms with Crippen LogP contribution >= 0.6 is 0 Å². The molecule has 0 aliphatic carbocycles. The van der Waals surface area contributed by atoms with Crippen molar-refractivity contribution in [3.05, 3.63) is 36.5 Å². The number of allylic oxidation sites excluding steroid dienone is 6. The van der Waals surface area contributed by atoms with E-state index in [2.05, 4.69) is 50.3 Å². The van der Waals surface area contributed by atoms with Crippen molar-refractivity contribution in [1.82, 2.24) is 0 Å². The molecule has 0 heteroatoms. The predicted octanol–water partition coefficient (Wildman–Crippen LogP) is 6.21. The molecule has 0 aromatic rings. The molecule has 0 aromatic carbocycles. The molecule has 98 valence electrons. The fraction of sp³-hybridized carbons (Fsp3) is 0.647. The van der Waals surface area contributed by atoms with Gasteiger partial charge in [0.1, 0.15) is 0 Å². The summed E-state index contributed by atoms with van der Waals surface area (Å²) in [6.07, 6.45) is 25.1. The predicted molar refractivity (Wildman–Crippen MR) is 80.3 cm³/mol. The Kier molecular flexibility index (Phi) is 14.5. The van der Waals surface area contributed by atoms with Crippen LogP contribution in [0, 0.1) is 0 Å². The van der Waals surface area contributed by atoms with Crippen LogP contribution < -0.4 is 0 Å². The minimum absolute atomic E-state index is 1.08. The molecule has 0 bridgehead atoms. The van der Waals surface area contributed by atoms with Crippen LogP contribution in [0.15, 0.2) is 36.5 Å². The smallest absolute Gasteiger partial charge is 0.0169 e. The molecule has 0 amide bonds. The van der Waals surface area contributed by atoms with Gasteiger partial charge in [-0.05, 0) is 32.1 Å². The minimum Gasteiger partial charge on any atom is -0.0885 e. The molecule has 0 radical (unpaired) electrons. The monoisotopic (exact) mass is 234 g/mol. The van der Waals surface area contributed by atoms with Crippen LogP contribution in [0.4, 0.5) is 0 Å². The highest BCUT2D eigenvalue weighted by Gasteiger charge is 1.85. The van der Waals surface area contributed by atoms with Gasteiger partial charge in [0.05, 0.1) is 0 Å². The maximum Gasteiger partial charge on any atom is -0.0169 e. The Balaban J connectivity index is 3.21. The standard InChI is InChI=1S/C17H30/c1-3-5-7-9-11-13-15-17-16-14-12-10-8-6-4-2/h5,7,11,13,16-17H,3-4,6,8-10,12,14-15H2,1-2H3/b7-5-,13-11?,17-16?. The third-order valence-corrected chi connectivity index (χ3v) is 2.75.